The number of nitrogens with one attached hydrogen (secondary N) is 2. The Kier molecular flexibility index (Phi) is 10.5. The fraction of sp³-hybridized carbons (Fsp3) is 0.611. The highest BCUT2D eigenvalue weighted by atomic mass is 32.1. The first kappa shape index (κ1) is 20.8. The lowest BCUT2D eigenvalue weighted by molar-refractivity contribution is 0.0928. The minimum atomic E-state index is -0.540. The van der Waals surface area contributed by atoms with E-state index in [9.17, 15) is 8.78 Å². The topological polar surface area (TPSA) is 33.3 Å². The lowest BCUT2D eigenvalue weighted by Crippen LogP contribution is -2.30. The number of unbranched alkanes of at least 4 members (excludes halogenated alkanes) is 1. The minimum Gasteiger partial charge on any atom is -0.381 e. The lowest BCUT2D eigenvalue weighted by Gasteiger charge is -2.15. The Morgan fingerprint density at radius 3 is 2.75 bits per heavy atom. The van der Waals surface area contributed by atoms with Crippen molar-refractivity contribution in [2.75, 3.05) is 25.1 Å². The Morgan fingerprint density at radius 2 is 2.04 bits per heavy atom. The van der Waals surface area contributed by atoms with Crippen molar-refractivity contribution in [1.29, 1.82) is 0 Å². The standard InChI is InChI=1S/C18H28F2N2OS/c1-3-5-7-14(4-2)13-23-11-6-10-21-18(24)22-17-12-15(19)8-9-16(17)20/h8-9,12,14H,3-7,10-11,13H2,1-2H3,(H2,21,22,24). The highest BCUT2D eigenvalue weighted by Crippen LogP contribution is 2.15. The first-order valence-electron chi connectivity index (χ1n) is 8.64. The number of anilines is 1. The molecule has 0 saturated heterocycles. The van der Waals surface area contributed by atoms with Gasteiger partial charge in [-0.05, 0) is 43.1 Å². The molecule has 0 aliphatic heterocycles. The number of ether oxygens (including phenoxy) is 1. The monoisotopic (exact) mass is 358 g/mol. The predicted molar refractivity (Wildman–Crippen MR) is 99.3 cm³/mol. The van der Waals surface area contributed by atoms with E-state index in [4.69, 9.17) is 17.0 Å². The SMILES string of the molecule is CCCCC(CC)COCCCNC(=S)Nc1cc(F)ccc1F. The maximum atomic E-state index is 13.5. The summed E-state index contributed by atoms with van der Waals surface area (Å²) in [7, 11) is 0. The normalized spacial score (nSPS) is 12.0. The van der Waals surface area contributed by atoms with Crippen LogP contribution in [0.25, 0.3) is 0 Å². The maximum Gasteiger partial charge on any atom is 0.170 e. The first-order chi connectivity index (χ1) is 11.6. The molecule has 0 spiro atoms. The second-order valence-corrected chi connectivity index (χ2v) is 6.26. The van der Waals surface area contributed by atoms with Crippen molar-refractivity contribution in [3.8, 4) is 0 Å². The molecule has 24 heavy (non-hydrogen) atoms. The third-order valence-electron chi connectivity index (χ3n) is 3.82. The van der Waals surface area contributed by atoms with Crippen molar-refractivity contribution >= 4 is 23.0 Å². The summed E-state index contributed by atoms with van der Waals surface area (Å²) >= 11 is 5.07. The van der Waals surface area contributed by atoms with Gasteiger partial charge in [0.05, 0.1) is 5.69 Å². The molecule has 0 amide bonds. The van der Waals surface area contributed by atoms with Crippen LogP contribution in [0.4, 0.5) is 14.5 Å². The van der Waals surface area contributed by atoms with Gasteiger partial charge in [-0.1, -0.05) is 33.1 Å². The predicted octanol–water partition coefficient (Wildman–Crippen LogP) is 4.87. The molecule has 1 unspecified atom stereocenters. The number of hydrogen-bond acceptors (Lipinski definition) is 2. The summed E-state index contributed by atoms with van der Waals surface area (Å²) in [5, 5.41) is 5.89. The molecular weight excluding hydrogens is 330 g/mol. The van der Waals surface area contributed by atoms with Gasteiger partial charge in [0.1, 0.15) is 11.6 Å². The maximum absolute atomic E-state index is 13.5. The molecule has 1 aromatic carbocycles. The molecule has 0 aliphatic rings. The Balaban J connectivity index is 2.14. The van der Waals surface area contributed by atoms with Crippen LogP contribution in [0, 0.1) is 17.6 Å². The van der Waals surface area contributed by atoms with Crippen LogP contribution in [-0.2, 0) is 4.74 Å². The molecule has 0 heterocycles. The van der Waals surface area contributed by atoms with Crippen LogP contribution < -0.4 is 10.6 Å². The van der Waals surface area contributed by atoms with Crippen molar-refractivity contribution in [2.24, 2.45) is 5.92 Å². The Labute approximate surface area is 149 Å². The Bertz CT molecular complexity index is 500. The van der Waals surface area contributed by atoms with E-state index in [0.717, 1.165) is 37.6 Å². The van der Waals surface area contributed by atoms with E-state index in [1.54, 1.807) is 0 Å². The van der Waals surface area contributed by atoms with Gasteiger partial charge in [-0.3, -0.25) is 0 Å². The zero-order valence-electron chi connectivity index (χ0n) is 14.5. The van der Waals surface area contributed by atoms with Crippen LogP contribution in [-0.4, -0.2) is 24.9 Å². The van der Waals surface area contributed by atoms with Gasteiger partial charge >= 0.3 is 0 Å². The molecule has 1 rings (SSSR count). The van der Waals surface area contributed by atoms with E-state index in [1.807, 2.05) is 0 Å². The minimum absolute atomic E-state index is 0.0328. The van der Waals surface area contributed by atoms with E-state index >= 15 is 0 Å². The molecule has 0 bridgehead atoms. The fourth-order valence-electron chi connectivity index (χ4n) is 2.28. The zero-order chi connectivity index (χ0) is 17.8. The van der Waals surface area contributed by atoms with Gasteiger partial charge in [-0.15, -0.1) is 0 Å². The molecule has 1 aromatic rings. The third kappa shape index (κ3) is 8.55. The van der Waals surface area contributed by atoms with Crippen LogP contribution >= 0.6 is 12.2 Å². The van der Waals surface area contributed by atoms with Crippen LogP contribution in [0.15, 0.2) is 18.2 Å². The average Bonchev–Trinajstić information content (AvgIpc) is 2.56. The second-order valence-electron chi connectivity index (χ2n) is 5.85. The fourth-order valence-corrected chi connectivity index (χ4v) is 2.50. The van der Waals surface area contributed by atoms with Gasteiger partial charge in [-0.2, -0.15) is 0 Å². The molecule has 136 valence electrons. The third-order valence-corrected chi connectivity index (χ3v) is 4.07. The zero-order valence-corrected chi connectivity index (χ0v) is 15.4. The van der Waals surface area contributed by atoms with Crippen molar-refractivity contribution in [1.82, 2.24) is 5.32 Å². The van der Waals surface area contributed by atoms with Crippen molar-refractivity contribution in [2.45, 2.75) is 46.0 Å². The summed E-state index contributed by atoms with van der Waals surface area (Å²) in [5.74, 6) is -0.415. The van der Waals surface area contributed by atoms with Crippen LogP contribution in [0.5, 0.6) is 0 Å². The molecule has 0 radical (unpaired) electrons. The molecule has 2 N–H and O–H groups in total. The molecule has 1 atom stereocenters. The lowest BCUT2D eigenvalue weighted by atomic mass is 10.0. The van der Waals surface area contributed by atoms with Gasteiger partial charge < -0.3 is 15.4 Å². The van der Waals surface area contributed by atoms with E-state index < -0.39 is 11.6 Å². The average molecular weight is 358 g/mol. The summed E-state index contributed by atoms with van der Waals surface area (Å²) in [6.45, 7) is 6.47. The highest BCUT2D eigenvalue weighted by Gasteiger charge is 2.07. The second kappa shape index (κ2) is 12.1. The number of benzene rings is 1. The van der Waals surface area contributed by atoms with Gasteiger partial charge in [0.15, 0.2) is 5.11 Å². The Morgan fingerprint density at radius 1 is 1.25 bits per heavy atom. The molecule has 0 aliphatic carbocycles. The number of rotatable bonds is 11. The van der Waals surface area contributed by atoms with E-state index in [1.165, 1.54) is 19.3 Å². The largest absolute Gasteiger partial charge is 0.381 e. The summed E-state index contributed by atoms with van der Waals surface area (Å²) in [6.07, 6.45) is 5.64. The van der Waals surface area contributed by atoms with Crippen molar-refractivity contribution in [3.05, 3.63) is 29.8 Å². The molecule has 0 aromatic heterocycles. The van der Waals surface area contributed by atoms with Crippen LogP contribution in [0.1, 0.15) is 46.0 Å². The van der Waals surface area contributed by atoms with Gasteiger partial charge in [-0.25, -0.2) is 8.78 Å². The van der Waals surface area contributed by atoms with Gasteiger partial charge in [0.25, 0.3) is 0 Å². The van der Waals surface area contributed by atoms with E-state index in [-0.39, 0.29) is 10.8 Å². The number of thiocarbonyl (C=S) groups is 1. The van der Waals surface area contributed by atoms with Crippen LogP contribution in [0.2, 0.25) is 0 Å². The number of hydrogen-bond donors (Lipinski definition) is 2. The molecule has 6 heteroatoms. The first-order valence-corrected chi connectivity index (χ1v) is 9.05. The van der Waals surface area contributed by atoms with Gasteiger partial charge in [0, 0.05) is 25.8 Å². The van der Waals surface area contributed by atoms with E-state index in [0.29, 0.717) is 19.1 Å². The van der Waals surface area contributed by atoms with Crippen molar-refractivity contribution in [3.63, 3.8) is 0 Å². The molecule has 0 saturated carbocycles. The molecule has 0 fully saturated rings. The van der Waals surface area contributed by atoms with Crippen LogP contribution in [0.3, 0.4) is 0 Å². The van der Waals surface area contributed by atoms with E-state index in [2.05, 4.69) is 24.5 Å². The molecular formula is C18H28F2N2OS. The summed E-state index contributed by atoms with van der Waals surface area (Å²) in [5.41, 5.74) is 0.0328. The summed E-state index contributed by atoms with van der Waals surface area (Å²) < 4.78 is 32.3. The summed E-state index contributed by atoms with van der Waals surface area (Å²) in [4.78, 5) is 0. The Hall–Kier alpha value is -1.27. The van der Waals surface area contributed by atoms with Crippen molar-refractivity contribution < 1.29 is 13.5 Å². The smallest absolute Gasteiger partial charge is 0.170 e. The molecule has 3 nitrogen and oxygen atoms in total. The quantitative estimate of drug-likeness (QED) is 0.436. The summed E-state index contributed by atoms with van der Waals surface area (Å²) in [6, 6.07) is 3.21. The van der Waals surface area contributed by atoms with Gasteiger partial charge in [0.2, 0.25) is 0 Å². The number of halogens is 2. The highest BCUT2D eigenvalue weighted by molar-refractivity contribution is 7.80.